The number of fused-ring (bicyclic) bond motifs is 1. The van der Waals surface area contributed by atoms with Crippen molar-refractivity contribution in [2.24, 2.45) is 0 Å². The number of carboxylic acids is 1. The summed E-state index contributed by atoms with van der Waals surface area (Å²) in [6, 6.07) is 8.38. The molecule has 0 saturated carbocycles. The van der Waals surface area contributed by atoms with Crippen LogP contribution in [-0.2, 0) is 30.8 Å². The van der Waals surface area contributed by atoms with Crippen molar-refractivity contribution in [1.82, 2.24) is 25.1 Å². The lowest BCUT2D eigenvalue weighted by Gasteiger charge is -2.27. The molecule has 0 saturated heterocycles. The summed E-state index contributed by atoms with van der Waals surface area (Å²) in [5, 5.41) is 20.0. The molecule has 2 aromatic rings. The van der Waals surface area contributed by atoms with E-state index in [4.69, 9.17) is 5.11 Å². The van der Waals surface area contributed by atoms with Crippen LogP contribution < -0.4 is 0 Å². The van der Waals surface area contributed by atoms with Crippen LogP contribution in [0.3, 0.4) is 0 Å². The first-order valence-electron chi connectivity index (χ1n) is 6.48. The molecule has 0 unspecified atom stereocenters. The first-order valence-corrected chi connectivity index (χ1v) is 6.48. The molecule has 1 aromatic heterocycles. The molecule has 0 radical (unpaired) electrons. The average Bonchev–Trinajstić information content (AvgIpc) is 2.85. The lowest BCUT2D eigenvalue weighted by molar-refractivity contribution is -0.138. The molecule has 0 spiro atoms. The number of carboxylic acid groups (broad SMARTS) is 1. The number of hydrogen-bond donors (Lipinski definition) is 1. The van der Waals surface area contributed by atoms with Gasteiger partial charge < -0.3 is 5.11 Å². The molecular weight excluding hydrogens is 294 g/mol. The topological polar surface area (TPSA) is 84.1 Å². The van der Waals surface area contributed by atoms with E-state index in [1.807, 2.05) is 6.07 Å². The van der Waals surface area contributed by atoms with Gasteiger partial charge >= 0.3 is 5.97 Å². The Hall–Kier alpha value is -1.99. The SMILES string of the molecule is Cl.O=C(O)Cn1nnnc1CN1CCc2ccccc2C1. The lowest BCUT2D eigenvalue weighted by Crippen LogP contribution is -2.31. The van der Waals surface area contributed by atoms with Crippen LogP contribution in [0.4, 0.5) is 0 Å². The number of tetrazole rings is 1. The molecule has 1 aliphatic rings. The second kappa shape index (κ2) is 6.64. The van der Waals surface area contributed by atoms with Gasteiger partial charge in [-0.05, 0) is 28.0 Å². The highest BCUT2D eigenvalue weighted by atomic mass is 35.5. The Balaban J connectivity index is 0.00000161. The zero-order valence-electron chi connectivity index (χ0n) is 11.3. The van der Waals surface area contributed by atoms with Gasteiger partial charge in [0.15, 0.2) is 5.82 Å². The Morgan fingerprint density at radius 1 is 1.29 bits per heavy atom. The summed E-state index contributed by atoms with van der Waals surface area (Å²) in [6.45, 7) is 2.13. The Kier molecular flexibility index (Phi) is 4.87. The fourth-order valence-corrected chi connectivity index (χ4v) is 2.48. The van der Waals surface area contributed by atoms with Crippen LogP contribution in [0.5, 0.6) is 0 Å². The molecular formula is C13H16ClN5O2. The maximum atomic E-state index is 10.7. The number of hydrogen-bond acceptors (Lipinski definition) is 5. The molecule has 0 atom stereocenters. The first kappa shape index (κ1) is 15.4. The lowest BCUT2D eigenvalue weighted by atomic mass is 10.00. The second-order valence-corrected chi connectivity index (χ2v) is 4.88. The summed E-state index contributed by atoms with van der Waals surface area (Å²) < 4.78 is 1.34. The van der Waals surface area contributed by atoms with Gasteiger partial charge in [-0.3, -0.25) is 9.69 Å². The van der Waals surface area contributed by atoms with Crippen molar-refractivity contribution in [3.63, 3.8) is 0 Å². The second-order valence-electron chi connectivity index (χ2n) is 4.88. The summed E-state index contributed by atoms with van der Waals surface area (Å²) in [5.74, 6) is -0.352. The van der Waals surface area contributed by atoms with Crippen LogP contribution in [0.2, 0.25) is 0 Å². The summed E-state index contributed by atoms with van der Waals surface area (Å²) in [7, 11) is 0. The van der Waals surface area contributed by atoms with Gasteiger partial charge in [0, 0.05) is 13.1 Å². The molecule has 0 amide bonds. The standard InChI is InChI=1S/C13H15N5O2.ClH/c19-13(20)9-18-12(14-15-16-18)8-17-6-5-10-3-1-2-4-11(10)7-17;/h1-4H,5-9H2,(H,19,20);1H. The monoisotopic (exact) mass is 309 g/mol. The smallest absolute Gasteiger partial charge is 0.325 e. The van der Waals surface area contributed by atoms with Crippen LogP contribution in [0, 0.1) is 0 Å². The molecule has 7 nitrogen and oxygen atoms in total. The summed E-state index contributed by atoms with van der Waals surface area (Å²) in [5.41, 5.74) is 2.70. The van der Waals surface area contributed by atoms with Gasteiger partial charge in [0.05, 0.1) is 6.54 Å². The Morgan fingerprint density at radius 2 is 2.05 bits per heavy atom. The normalized spacial score (nSPS) is 14.3. The number of carbonyl (C=O) groups is 1. The molecule has 0 bridgehead atoms. The summed E-state index contributed by atoms with van der Waals surface area (Å²) in [6.07, 6.45) is 0.997. The van der Waals surface area contributed by atoms with Crippen LogP contribution in [0.15, 0.2) is 24.3 Å². The van der Waals surface area contributed by atoms with E-state index in [2.05, 4.69) is 38.6 Å². The number of nitrogens with zero attached hydrogens (tertiary/aromatic N) is 5. The van der Waals surface area contributed by atoms with E-state index in [0.29, 0.717) is 12.4 Å². The molecule has 112 valence electrons. The van der Waals surface area contributed by atoms with E-state index in [-0.39, 0.29) is 19.0 Å². The van der Waals surface area contributed by atoms with Gasteiger partial charge in [0.2, 0.25) is 0 Å². The van der Waals surface area contributed by atoms with Gasteiger partial charge in [-0.1, -0.05) is 24.3 Å². The van der Waals surface area contributed by atoms with Gasteiger partial charge in [0.25, 0.3) is 0 Å². The largest absolute Gasteiger partial charge is 0.480 e. The maximum absolute atomic E-state index is 10.7. The van der Waals surface area contributed by atoms with E-state index in [0.717, 1.165) is 19.5 Å². The van der Waals surface area contributed by atoms with E-state index < -0.39 is 5.97 Å². The van der Waals surface area contributed by atoms with E-state index in [1.54, 1.807) is 0 Å². The highest BCUT2D eigenvalue weighted by Gasteiger charge is 2.19. The number of aliphatic carboxylic acids is 1. The molecule has 1 N–H and O–H groups in total. The fourth-order valence-electron chi connectivity index (χ4n) is 2.48. The zero-order valence-corrected chi connectivity index (χ0v) is 12.2. The number of halogens is 1. The van der Waals surface area contributed by atoms with Gasteiger partial charge in [-0.15, -0.1) is 17.5 Å². The van der Waals surface area contributed by atoms with Crippen LogP contribution in [0.25, 0.3) is 0 Å². The average molecular weight is 310 g/mol. The van der Waals surface area contributed by atoms with Crippen molar-refractivity contribution in [3.8, 4) is 0 Å². The summed E-state index contributed by atoms with van der Waals surface area (Å²) in [4.78, 5) is 13.0. The molecule has 8 heteroatoms. The van der Waals surface area contributed by atoms with Crippen molar-refractivity contribution in [1.29, 1.82) is 0 Å². The highest BCUT2D eigenvalue weighted by Crippen LogP contribution is 2.19. The third-order valence-corrected chi connectivity index (χ3v) is 3.47. The van der Waals surface area contributed by atoms with Gasteiger partial charge in [-0.2, -0.15) is 0 Å². The van der Waals surface area contributed by atoms with Crippen LogP contribution in [0.1, 0.15) is 17.0 Å². The number of aromatic nitrogens is 4. The van der Waals surface area contributed by atoms with Crippen LogP contribution >= 0.6 is 12.4 Å². The predicted octanol–water partition coefficient (Wildman–Crippen LogP) is 0.738. The molecule has 0 aliphatic carbocycles. The van der Waals surface area contributed by atoms with E-state index in [1.165, 1.54) is 15.8 Å². The quantitative estimate of drug-likeness (QED) is 0.896. The van der Waals surface area contributed by atoms with E-state index >= 15 is 0 Å². The maximum Gasteiger partial charge on any atom is 0.325 e. The third kappa shape index (κ3) is 3.56. The Bertz CT molecular complexity index is 631. The van der Waals surface area contributed by atoms with Crippen molar-refractivity contribution < 1.29 is 9.90 Å². The number of benzene rings is 1. The fraction of sp³-hybridized carbons (Fsp3) is 0.385. The van der Waals surface area contributed by atoms with Crippen molar-refractivity contribution in [2.75, 3.05) is 6.54 Å². The molecule has 21 heavy (non-hydrogen) atoms. The molecule has 3 rings (SSSR count). The van der Waals surface area contributed by atoms with Gasteiger partial charge in [-0.25, -0.2) is 4.68 Å². The van der Waals surface area contributed by atoms with Crippen molar-refractivity contribution >= 4 is 18.4 Å². The first-order chi connectivity index (χ1) is 9.72. The number of rotatable bonds is 4. The third-order valence-electron chi connectivity index (χ3n) is 3.47. The zero-order chi connectivity index (χ0) is 13.9. The van der Waals surface area contributed by atoms with Crippen molar-refractivity contribution in [2.45, 2.75) is 26.1 Å². The minimum atomic E-state index is -0.942. The van der Waals surface area contributed by atoms with Gasteiger partial charge in [0.1, 0.15) is 6.54 Å². The van der Waals surface area contributed by atoms with Crippen LogP contribution in [-0.4, -0.2) is 42.7 Å². The Morgan fingerprint density at radius 3 is 2.81 bits per heavy atom. The molecule has 0 fully saturated rings. The predicted molar refractivity (Wildman–Crippen MR) is 77.0 cm³/mol. The Labute approximate surface area is 128 Å². The molecule has 1 aliphatic heterocycles. The van der Waals surface area contributed by atoms with E-state index in [9.17, 15) is 4.79 Å². The molecule has 2 heterocycles. The minimum Gasteiger partial charge on any atom is -0.480 e. The van der Waals surface area contributed by atoms with Crippen molar-refractivity contribution in [3.05, 3.63) is 41.2 Å². The molecule has 1 aromatic carbocycles. The minimum absolute atomic E-state index is 0. The summed E-state index contributed by atoms with van der Waals surface area (Å²) >= 11 is 0. The highest BCUT2D eigenvalue weighted by molar-refractivity contribution is 5.85.